The molecule has 3 N–H and O–H groups in total. The van der Waals surface area contributed by atoms with Gasteiger partial charge in [0.1, 0.15) is 6.07 Å². The summed E-state index contributed by atoms with van der Waals surface area (Å²) in [6.45, 7) is 1.37. The van der Waals surface area contributed by atoms with E-state index in [4.69, 9.17) is 28.9 Å². The van der Waals surface area contributed by atoms with E-state index in [0.29, 0.717) is 51.4 Å². The van der Waals surface area contributed by atoms with Crippen LogP contribution in [0.4, 0.5) is 5.95 Å². The first kappa shape index (κ1) is 21.6. The fourth-order valence-corrected chi connectivity index (χ4v) is 4.66. The second kappa shape index (κ2) is 8.60. The van der Waals surface area contributed by atoms with Crippen molar-refractivity contribution in [2.45, 2.75) is 24.8 Å². The summed E-state index contributed by atoms with van der Waals surface area (Å²) in [5.74, 6) is 0.470. The van der Waals surface area contributed by atoms with Gasteiger partial charge in [0, 0.05) is 36.6 Å². The highest BCUT2D eigenvalue weighted by atomic mass is 35.5. The van der Waals surface area contributed by atoms with Crippen molar-refractivity contribution in [3.05, 3.63) is 64.0 Å². The number of rotatable bonds is 4. The molecule has 4 heterocycles. The number of H-pyrrole nitrogens is 1. The zero-order valence-corrected chi connectivity index (χ0v) is 19.1. The third kappa shape index (κ3) is 4.11. The highest BCUT2D eigenvalue weighted by molar-refractivity contribution is 6.43. The summed E-state index contributed by atoms with van der Waals surface area (Å²) in [7, 11) is 0. The maximum atomic E-state index is 9.83. The first-order valence-electron chi connectivity index (χ1n) is 10.5. The quantitative estimate of drug-likeness (QED) is 0.452. The van der Waals surface area contributed by atoms with Gasteiger partial charge in [-0.1, -0.05) is 41.4 Å². The summed E-state index contributed by atoms with van der Waals surface area (Å²) in [6, 6.07) is 11.5. The zero-order valence-electron chi connectivity index (χ0n) is 17.6. The van der Waals surface area contributed by atoms with Crippen molar-refractivity contribution in [2.75, 3.05) is 18.0 Å². The molecule has 5 rings (SSSR count). The largest absolute Gasteiger partial charge is 0.341 e. The first-order valence-corrected chi connectivity index (χ1v) is 11.3. The Bertz CT molecular complexity index is 1350. The van der Waals surface area contributed by atoms with Crippen molar-refractivity contribution in [3.8, 4) is 17.3 Å². The van der Waals surface area contributed by atoms with Gasteiger partial charge in [0.2, 0.25) is 5.95 Å². The van der Waals surface area contributed by atoms with Crippen LogP contribution in [0.2, 0.25) is 10.0 Å². The molecule has 8 nitrogen and oxygen atoms in total. The Morgan fingerprint density at radius 3 is 2.70 bits per heavy atom. The van der Waals surface area contributed by atoms with Crippen molar-refractivity contribution in [1.82, 2.24) is 25.1 Å². The molecule has 166 valence electrons. The van der Waals surface area contributed by atoms with Crippen LogP contribution in [-0.2, 0) is 6.42 Å². The number of nitrogens with one attached hydrogen (secondary N) is 1. The molecule has 33 heavy (non-hydrogen) atoms. The van der Waals surface area contributed by atoms with Gasteiger partial charge in [-0.3, -0.25) is 10.1 Å². The lowest BCUT2D eigenvalue weighted by atomic mass is 9.83. The van der Waals surface area contributed by atoms with E-state index in [2.05, 4.69) is 36.1 Å². The van der Waals surface area contributed by atoms with Crippen LogP contribution < -0.4 is 10.6 Å². The summed E-state index contributed by atoms with van der Waals surface area (Å²) >= 11 is 12.6. The summed E-state index contributed by atoms with van der Waals surface area (Å²) in [5, 5.41) is 18.4. The molecular weight excluding hydrogens is 459 g/mol. The molecule has 0 unspecified atom stereocenters. The summed E-state index contributed by atoms with van der Waals surface area (Å²) in [4.78, 5) is 15.4. The molecule has 0 amide bonds. The fourth-order valence-electron chi connectivity index (χ4n) is 4.27. The van der Waals surface area contributed by atoms with Crippen molar-refractivity contribution >= 4 is 40.2 Å². The molecule has 0 spiro atoms. The van der Waals surface area contributed by atoms with Crippen LogP contribution >= 0.6 is 23.2 Å². The van der Waals surface area contributed by atoms with Crippen LogP contribution in [0.3, 0.4) is 0 Å². The number of halogens is 2. The Labute approximate surface area is 200 Å². The number of fused-ring (bicyclic) bond motifs is 1. The lowest BCUT2D eigenvalue weighted by Crippen LogP contribution is -2.52. The van der Waals surface area contributed by atoms with E-state index < -0.39 is 0 Å². The van der Waals surface area contributed by atoms with Gasteiger partial charge in [0.25, 0.3) is 0 Å². The predicted molar refractivity (Wildman–Crippen MR) is 128 cm³/mol. The van der Waals surface area contributed by atoms with Crippen LogP contribution in [0.25, 0.3) is 22.3 Å². The minimum absolute atomic E-state index is 0.231. The van der Waals surface area contributed by atoms with Crippen LogP contribution in [-0.4, -0.2) is 43.8 Å². The molecule has 1 aromatic carbocycles. The minimum atomic E-state index is -0.315. The monoisotopic (exact) mass is 478 g/mol. The molecule has 3 aromatic heterocycles. The maximum absolute atomic E-state index is 9.83. The molecule has 0 aliphatic carbocycles. The molecule has 4 aromatic rings. The van der Waals surface area contributed by atoms with E-state index >= 15 is 0 Å². The summed E-state index contributed by atoms with van der Waals surface area (Å²) in [6.07, 6.45) is 5.93. The van der Waals surface area contributed by atoms with E-state index in [-0.39, 0.29) is 11.2 Å². The highest BCUT2D eigenvalue weighted by Gasteiger charge is 2.32. The van der Waals surface area contributed by atoms with E-state index in [0.717, 1.165) is 24.8 Å². The third-order valence-corrected chi connectivity index (χ3v) is 6.87. The Balaban J connectivity index is 1.43. The molecule has 0 radical (unpaired) electrons. The Morgan fingerprint density at radius 2 is 1.97 bits per heavy atom. The SMILES string of the molecule is N#Cc1nc(N2CCC(N)(Cc3cccnc3)CC2)nc2n[nH]c(-c3cccc(Cl)c3Cl)c12. The van der Waals surface area contributed by atoms with E-state index in [1.54, 1.807) is 18.3 Å². The average molecular weight is 479 g/mol. The predicted octanol–water partition coefficient (Wildman–Crippen LogP) is 4.13. The molecule has 1 aliphatic rings. The molecule has 1 saturated heterocycles. The van der Waals surface area contributed by atoms with Crippen molar-refractivity contribution in [1.29, 1.82) is 5.26 Å². The fraction of sp³-hybridized carbons (Fsp3) is 0.261. The number of benzene rings is 1. The standard InChI is InChI=1S/C23H20Cl2N8/c24-16-5-1-4-15(19(16)25)20-18-17(12-26)29-22(30-21(18)32-31-20)33-9-6-23(27,7-10-33)11-14-3-2-8-28-13-14/h1-5,8,13H,6-7,9-11,27H2,(H,29,30,31,32). The number of nitriles is 1. The zero-order chi connectivity index (χ0) is 23.0. The molecule has 1 aliphatic heterocycles. The molecule has 0 atom stereocenters. The van der Waals surface area contributed by atoms with Crippen LogP contribution in [0.15, 0.2) is 42.7 Å². The number of aromatic nitrogens is 5. The number of aromatic amines is 1. The van der Waals surface area contributed by atoms with Crippen molar-refractivity contribution < 1.29 is 0 Å². The minimum Gasteiger partial charge on any atom is -0.341 e. The second-order valence-corrected chi connectivity index (χ2v) is 9.06. The van der Waals surface area contributed by atoms with Crippen molar-refractivity contribution in [2.24, 2.45) is 5.73 Å². The number of hydrogen-bond donors (Lipinski definition) is 2. The highest BCUT2D eigenvalue weighted by Crippen LogP contribution is 2.37. The van der Waals surface area contributed by atoms with Gasteiger partial charge in [-0.15, -0.1) is 0 Å². The second-order valence-electron chi connectivity index (χ2n) is 8.27. The summed E-state index contributed by atoms with van der Waals surface area (Å²) < 4.78 is 0. The molecule has 0 saturated carbocycles. The van der Waals surface area contributed by atoms with E-state index in [9.17, 15) is 5.26 Å². The average Bonchev–Trinajstić information content (AvgIpc) is 3.25. The van der Waals surface area contributed by atoms with Crippen LogP contribution in [0.5, 0.6) is 0 Å². The Kier molecular flexibility index (Phi) is 5.62. The Hall–Kier alpha value is -3.25. The van der Waals surface area contributed by atoms with Gasteiger partial charge in [-0.05, 0) is 37.0 Å². The number of nitrogens with two attached hydrogens (primary N) is 1. The van der Waals surface area contributed by atoms with Crippen molar-refractivity contribution in [3.63, 3.8) is 0 Å². The normalized spacial score (nSPS) is 15.5. The number of piperidine rings is 1. The van der Waals surface area contributed by atoms with Crippen LogP contribution in [0, 0.1) is 11.3 Å². The number of hydrogen-bond acceptors (Lipinski definition) is 7. The van der Waals surface area contributed by atoms with Gasteiger partial charge in [-0.2, -0.15) is 15.3 Å². The molecular formula is C23H20Cl2N8. The van der Waals surface area contributed by atoms with E-state index in [1.165, 1.54) is 0 Å². The van der Waals surface area contributed by atoms with E-state index in [1.807, 2.05) is 24.4 Å². The third-order valence-electron chi connectivity index (χ3n) is 6.05. The number of pyridine rings is 1. The number of nitrogens with zero attached hydrogens (tertiary/aromatic N) is 6. The number of anilines is 1. The maximum Gasteiger partial charge on any atom is 0.228 e. The smallest absolute Gasteiger partial charge is 0.228 e. The molecule has 1 fully saturated rings. The van der Waals surface area contributed by atoms with Gasteiger partial charge in [0.05, 0.1) is 21.1 Å². The van der Waals surface area contributed by atoms with Gasteiger partial charge < -0.3 is 10.6 Å². The van der Waals surface area contributed by atoms with Gasteiger partial charge in [0.15, 0.2) is 11.3 Å². The summed E-state index contributed by atoms with van der Waals surface area (Å²) in [5.41, 5.74) is 9.34. The lowest BCUT2D eigenvalue weighted by molar-refractivity contribution is 0.329. The van der Waals surface area contributed by atoms with Gasteiger partial charge in [-0.25, -0.2) is 4.98 Å². The Morgan fingerprint density at radius 1 is 1.15 bits per heavy atom. The lowest BCUT2D eigenvalue weighted by Gasteiger charge is -2.39. The topological polar surface area (TPSA) is 120 Å². The van der Waals surface area contributed by atoms with Crippen LogP contribution in [0.1, 0.15) is 24.1 Å². The molecule has 0 bridgehead atoms. The first-order chi connectivity index (χ1) is 16.0. The van der Waals surface area contributed by atoms with Gasteiger partial charge >= 0.3 is 0 Å². The molecule has 10 heteroatoms.